The maximum absolute atomic E-state index is 13.1. The van der Waals surface area contributed by atoms with E-state index in [1.807, 2.05) is 19.1 Å². The smallest absolute Gasteiger partial charge is 0.329 e. The number of aryl methyl sites for hydroxylation is 1. The van der Waals surface area contributed by atoms with Crippen LogP contribution in [0, 0.1) is 5.82 Å². The molecule has 3 aromatic rings. The highest BCUT2D eigenvalue weighted by Crippen LogP contribution is 2.36. The average molecular weight is 528 g/mol. The predicted octanol–water partition coefficient (Wildman–Crippen LogP) is 4.83. The summed E-state index contributed by atoms with van der Waals surface area (Å²) in [5, 5.41) is 6.44. The Balaban J connectivity index is 1.62. The van der Waals surface area contributed by atoms with Crippen molar-refractivity contribution in [3.8, 4) is 11.5 Å². The average Bonchev–Trinajstić information content (AvgIpc) is 2.84. The van der Waals surface area contributed by atoms with Gasteiger partial charge in [-0.3, -0.25) is 9.59 Å². The Morgan fingerprint density at radius 2 is 1.82 bits per heavy atom. The van der Waals surface area contributed by atoms with Crippen molar-refractivity contribution in [3.63, 3.8) is 0 Å². The second-order valence-electron chi connectivity index (χ2n) is 7.11. The number of anilines is 1. The summed E-state index contributed by atoms with van der Waals surface area (Å²) in [6, 6.07) is 16.6. The molecule has 0 unspecified atom stereocenters. The number of amides is 2. The molecule has 2 N–H and O–H groups in total. The van der Waals surface area contributed by atoms with Crippen molar-refractivity contribution in [2.45, 2.75) is 20.0 Å². The van der Waals surface area contributed by atoms with Gasteiger partial charge in [-0.25, -0.2) is 9.82 Å². The van der Waals surface area contributed by atoms with E-state index in [9.17, 15) is 14.0 Å². The second kappa shape index (κ2) is 11.9. The Morgan fingerprint density at radius 1 is 1.09 bits per heavy atom. The fourth-order valence-electron chi connectivity index (χ4n) is 3.04. The number of hydrazone groups is 1. The van der Waals surface area contributed by atoms with Crippen LogP contribution < -0.4 is 20.2 Å². The quantitative estimate of drug-likeness (QED) is 0.249. The molecule has 0 heterocycles. The van der Waals surface area contributed by atoms with Gasteiger partial charge in [0.05, 0.1) is 17.8 Å². The predicted molar refractivity (Wildman–Crippen MR) is 132 cm³/mol. The number of ether oxygens (including phenoxy) is 2. The fourth-order valence-corrected chi connectivity index (χ4v) is 3.61. The summed E-state index contributed by atoms with van der Waals surface area (Å²) in [5.74, 6) is -1.14. The van der Waals surface area contributed by atoms with E-state index < -0.39 is 11.8 Å². The fraction of sp³-hybridized carbons (Fsp3) is 0.160. The number of para-hydroxylation sites is 1. The number of carbonyl (C=O) groups is 2. The minimum atomic E-state index is -0.896. The summed E-state index contributed by atoms with van der Waals surface area (Å²) in [7, 11) is 1.49. The monoisotopic (exact) mass is 527 g/mol. The van der Waals surface area contributed by atoms with Gasteiger partial charge in [0, 0.05) is 5.69 Å². The summed E-state index contributed by atoms with van der Waals surface area (Å²) in [6.07, 6.45) is 2.10. The van der Waals surface area contributed by atoms with E-state index in [2.05, 4.69) is 31.8 Å². The van der Waals surface area contributed by atoms with E-state index in [-0.39, 0.29) is 12.4 Å². The van der Waals surface area contributed by atoms with Crippen LogP contribution in [0.4, 0.5) is 10.1 Å². The third-order valence-corrected chi connectivity index (χ3v) is 5.37. The minimum absolute atomic E-state index is 0.217. The van der Waals surface area contributed by atoms with Crippen molar-refractivity contribution in [2.75, 3.05) is 12.4 Å². The van der Waals surface area contributed by atoms with Crippen molar-refractivity contribution >= 4 is 39.6 Å². The SMILES string of the molecule is CCc1ccccc1NC(=O)C(=O)NN=Cc1cc(Br)c(OCc2ccc(F)cc2)c(OC)c1. The maximum atomic E-state index is 13.1. The number of benzene rings is 3. The molecule has 9 heteroatoms. The number of carbonyl (C=O) groups excluding carboxylic acids is 2. The lowest BCUT2D eigenvalue weighted by molar-refractivity contribution is -0.136. The molecule has 0 aromatic heterocycles. The Kier molecular flexibility index (Phi) is 8.75. The van der Waals surface area contributed by atoms with Gasteiger partial charge in [0.15, 0.2) is 11.5 Å². The first kappa shape index (κ1) is 24.9. The second-order valence-corrected chi connectivity index (χ2v) is 7.97. The molecule has 0 aliphatic carbocycles. The molecule has 34 heavy (non-hydrogen) atoms. The van der Waals surface area contributed by atoms with Crippen LogP contribution in [0.3, 0.4) is 0 Å². The summed E-state index contributed by atoms with van der Waals surface area (Å²) in [5.41, 5.74) is 5.10. The van der Waals surface area contributed by atoms with Gasteiger partial charge >= 0.3 is 11.8 Å². The first-order valence-corrected chi connectivity index (χ1v) is 11.2. The number of hydrogen-bond donors (Lipinski definition) is 2. The minimum Gasteiger partial charge on any atom is -0.493 e. The molecule has 3 rings (SSSR count). The zero-order chi connectivity index (χ0) is 24.5. The van der Waals surface area contributed by atoms with Gasteiger partial charge in [-0.2, -0.15) is 5.10 Å². The van der Waals surface area contributed by atoms with Crippen LogP contribution >= 0.6 is 15.9 Å². The van der Waals surface area contributed by atoms with Crippen molar-refractivity contribution in [1.29, 1.82) is 0 Å². The molecule has 0 atom stereocenters. The third kappa shape index (κ3) is 6.64. The molecular weight excluding hydrogens is 505 g/mol. The zero-order valence-electron chi connectivity index (χ0n) is 18.6. The molecule has 0 saturated heterocycles. The van der Waals surface area contributed by atoms with Gasteiger partial charge in [-0.15, -0.1) is 0 Å². The van der Waals surface area contributed by atoms with Crippen molar-refractivity contribution in [1.82, 2.24) is 5.43 Å². The zero-order valence-corrected chi connectivity index (χ0v) is 20.2. The van der Waals surface area contributed by atoms with E-state index in [4.69, 9.17) is 9.47 Å². The van der Waals surface area contributed by atoms with Gasteiger partial charge in [-0.1, -0.05) is 37.3 Å². The van der Waals surface area contributed by atoms with Crippen LogP contribution in [0.2, 0.25) is 0 Å². The molecule has 0 saturated carbocycles. The molecule has 2 amide bonds. The number of nitrogens with one attached hydrogen (secondary N) is 2. The number of nitrogens with zero attached hydrogens (tertiary/aromatic N) is 1. The Hall–Kier alpha value is -3.72. The molecule has 176 valence electrons. The van der Waals surface area contributed by atoms with Gasteiger partial charge in [0.1, 0.15) is 12.4 Å². The van der Waals surface area contributed by atoms with Crippen LogP contribution in [-0.2, 0) is 22.6 Å². The van der Waals surface area contributed by atoms with Crippen LogP contribution in [-0.4, -0.2) is 25.1 Å². The molecule has 0 radical (unpaired) electrons. The van der Waals surface area contributed by atoms with Crippen molar-refractivity contribution < 1.29 is 23.5 Å². The number of methoxy groups -OCH3 is 1. The van der Waals surface area contributed by atoms with E-state index in [0.29, 0.717) is 27.2 Å². The molecule has 3 aromatic carbocycles. The lowest BCUT2D eigenvalue weighted by Crippen LogP contribution is -2.32. The Labute approximate surface area is 205 Å². The van der Waals surface area contributed by atoms with Gasteiger partial charge in [0.2, 0.25) is 0 Å². The summed E-state index contributed by atoms with van der Waals surface area (Å²) in [4.78, 5) is 24.3. The number of rotatable bonds is 8. The van der Waals surface area contributed by atoms with E-state index >= 15 is 0 Å². The largest absolute Gasteiger partial charge is 0.493 e. The van der Waals surface area contributed by atoms with Gasteiger partial charge < -0.3 is 14.8 Å². The number of halogens is 2. The van der Waals surface area contributed by atoms with Crippen LogP contribution in [0.25, 0.3) is 0 Å². The molecule has 0 aliphatic rings. The first-order valence-electron chi connectivity index (χ1n) is 10.4. The lowest BCUT2D eigenvalue weighted by atomic mass is 10.1. The Bertz CT molecular complexity index is 1200. The van der Waals surface area contributed by atoms with Crippen molar-refractivity contribution in [2.24, 2.45) is 5.10 Å². The van der Waals surface area contributed by atoms with E-state index in [1.54, 1.807) is 36.4 Å². The van der Waals surface area contributed by atoms with E-state index in [1.165, 1.54) is 25.5 Å². The Morgan fingerprint density at radius 3 is 2.53 bits per heavy atom. The van der Waals surface area contributed by atoms with Crippen LogP contribution in [0.15, 0.2) is 70.2 Å². The highest BCUT2D eigenvalue weighted by molar-refractivity contribution is 9.10. The van der Waals surface area contributed by atoms with Crippen LogP contribution in [0.1, 0.15) is 23.6 Å². The molecular formula is C25H23BrFN3O4. The highest BCUT2D eigenvalue weighted by Gasteiger charge is 2.15. The molecule has 0 aliphatic heterocycles. The summed E-state index contributed by atoms with van der Waals surface area (Å²) >= 11 is 3.44. The maximum Gasteiger partial charge on any atom is 0.329 e. The molecule has 0 spiro atoms. The third-order valence-electron chi connectivity index (χ3n) is 4.78. The van der Waals surface area contributed by atoms with Crippen molar-refractivity contribution in [3.05, 3.63) is 87.6 Å². The highest BCUT2D eigenvalue weighted by atomic mass is 79.9. The first-order chi connectivity index (χ1) is 16.4. The summed E-state index contributed by atoms with van der Waals surface area (Å²) < 4.78 is 24.9. The molecule has 0 bridgehead atoms. The number of hydrogen-bond acceptors (Lipinski definition) is 5. The molecule has 0 fully saturated rings. The molecule has 7 nitrogen and oxygen atoms in total. The topological polar surface area (TPSA) is 89.0 Å². The standard InChI is InChI=1S/C25H23BrFN3O4/c1-3-18-6-4-5-7-21(18)29-24(31)25(32)30-28-14-17-12-20(26)23(22(13-17)33-2)34-15-16-8-10-19(27)11-9-16/h4-14H,3,15H2,1-2H3,(H,29,31)(H,30,32). The van der Waals surface area contributed by atoms with Gasteiger partial charge in [0.25, 0.3) is 0 Å². The van der Waals surface area contributed by atoms with Gasteiger partial charge in [-0.05, 0) is 69.4 Å². The van der Waals surface area contributed by atoms with E-state index in [0.717, 1.165) is 17.5 Å². The normalized spacial score (nSPS) is 10.7. The lowest BCUT2D eigenvalue weighted by Gasteiger charge is -2.13. The summed E-state index contributed by atoms with van der Waals surface area (Å²) in [6.45, 7) is 2.18. The van der Waals surface area contributed by atoms with Crippen LogP contribution in [0.5, 0.6) is 11.5 Å².